The van der Waals surface area contributed by atoms with Gasteiger partial charge in [-0.1, -0.05) is 0 Å². The highest BCUT2D eigenvalue weighted by molar-refractivity contribution is 5.83. The molecule has 2 saturated heterocycles. The molecule has 2 fully saturated rings. The molecule has 0 aromatic carbocycles. The van der Waals surface area contributed by atoms with Gasteiger partial charge in [0.1, 0.15) is 18.3 Å². The minimum Gasteiger partial charge on any atom is -0.352 e. The molecule has 1 unspecified atom stereocenters. The van der Waals surface area contributed by atoms with Gasteiger partial charge in [0.05, 0.1) is 17.9 Å². The van der Waals surface area contributed by atoms with Crippen molar-refractivity contribution < 1.29 is 4.79 Å². The number of fused-ring (bicyclic) bond motifs is 1. The minimum atomic E-state index is -0.181. The van der Waals surface area contributed by atoms with Crippen molar-refractivity contribution in [3.63, 3.8) is 0 Å². The molecule has 2 aromatic rings. The maximum atomic E-state index is 12.4. The summed E-state index contributed by atoms with van der Waals surface area (Å²) in [5.41, 5.74) is 1.31. The zero-order valence-electron chi connectivity index (χ0n) is 13.4. The fraction of sp³-hybridized carbons (Fsp3) is 0.562. The summed E-state index contributed by atoms with van der Waals surface area (Å²) in [5, 5.41) is 8.89. The molecule has 0 radical (unpaired) electrons. The first kappa shape index (κ1) is 14.9. The van der Waals surface area contributed by atoms with E-state index in [2.05, 4.69) is 24.8 Å². The highest BCUT2D eigenvalue weighted by Gasteiger charge is 2.46. The van der Waals surface area contributed by atoms with E-state index in [-0.39, 0.29) is 17.9 Å². The minimum absolute atomic E-state index is 0.0428. The van der Waals surface area contributed by atoms with Gasteiger partial charge >= 0.3 is 0 Å². The summed E-state index contributed by atoms with van der Waals surface area (Å²) in [7, 11) is 0. The second-order valence-corrected chi connectivity index (χ2v) is 6.53. The number of likely N-dealkylation sites (tertiary alicyclic amines) is 1. The van der Waals surface area contributed by atoms with E-state index < -0.39 is 0 Å². The van der Waals surface area contributed by atoms with Crippen LogP contribution < -0.4 is 4.90 Å². The average Bonchev–Trinajstić information content (AvgIpc) is 3.23. The molecule has 1 spiro atoms. The Hall–Kier alpha value is -2.69. The number of hydrogen-bond donors (Lipinski definition) is 1. The van der Waals surface area contributed by atoms with Gasteiger partial charge in [-0.15, -0.1) is 0 Å². The molecule has 8 heteroatoms. The standard InChI is InChI=1S/C16H19N7O/c17-6-3-12(24)23-7-2-1-4-16(23)5-8-22(9-16)15-13-14(19-10-18-13)20-11-21-15/h10-11H,1-5,7-9H2,(H,18,19,20,21). The summed E-state index contributed by atoms with van der Waals surface area (Å²) in [6.45, 7) is 2.31. The van der Waals surface area contributed by atoms with E-state index in [9.17, 15) is 4.79 Å². The van der Waals surface area contributed by atoms with Crippen LogP contribution in [-0.2, 0) is 4.79 Å². The predicted molar refractivity (Wildman–Crippen MR) is 87.0 cm³/mol. The summed E-state index contributed by atoms with van der Waals surface area (Å²) >= 11 is 0. The van der Waals surface area contributed by atoms with Gasteiger partial charge in [-0.05, 0) is 25.7 Å². The molecule has 0 aliphatic carbocycles. The van der Waals surface area contributed by atoms with Gasteiger partial charge in [-0.2, -0.15) is 5.26 Å². The van der Waals surface area contributed by atoms with Crippen molar-refractivity contribution in [3.8, 4) is 6.07 Å². The Labute approximate surface area is 139 Å². The number of rotatable bonds is 2. The van der Waals surface area contributed by atoms with Crippen LogP contribution in [-0.4, -0.2) is 55.9 Å². The lowest BCUT2D eigenvalue weighted by Crippen LogP contribution is -2.56. The average molecular weight is 325 g/mol. The number of anilines is 1. The molecule has 2 aliphatic heterocycles. The number of aromatic nitrogens is 4. The summed E-state index contributed by atoms with van der Waals surface area (Å²) in [5.74, 6) is 0.767. The SMILES string of the molecule is N#CCC(=O)N1CCCCC12CCN(c1ncnc3[nH]cnc13)C2. The number of imidazole rings is 1. The molecule has 124 valence electrons. The summed E-state index contributed by atoms with van der Waals surface area (Å²) in [6.07, 6.45) is 7.13. The van der Waals surface area contributed by atoms with Crippen LogP contribution in [0, 0.1) is 11.3 Å². The van der Waals surface area contributed by atoms with Crippen LogP contribution in [0.25, 0.3) is 11.2 Å². The maximum Gasteiger partial charge on any atom is 0.237 e. The molecule has 0 bridgehead atoms. The molecular formula is C16H19N7O. The van der Waals surface area contributed by atoms with Crippen molar-refractivity contribution >= 4 is 22.9 Å². The fourth-order valence-electron chi connectivity index (χ4n) is 4.09. The molecule has 1 amide bonds. The molecule has 24 heavy (non-hydrogen) atoms. The van der Waals surface area contributed by atoms with Crippen molar-refractivity contribution in [2.24, 2.45) is 0 Å². The number of carbonyl (C=O) groups is 1. The van der Waals surface area contributed by atoms with E-state index in [1.807, 2.05) is 11.0 Å². The lowest BCUT2D eigenvalue weighted by molar-refractivity contribution is -0.138. The smallest absolute Gasteiger partial charge is 0.237 e. The number of piperidine rings is 1. The Bertz CT molecular complexity index is 810. The van der Waals surface area contributed by atoms with Crippen LogP contribution in [0.1, 0.15) is 32.1 Å². The summed E-state index contributed by atoms with van der Waals surface area (Å²) < 4.78 is 0. The fourth-order valence-corrected chi connectivity index (χ4v) is 4.09. The Morgan fingerprint density at radius 1 is 1.29 bits per heavy atom. The third-order valence-corrected chi connectivity index (χ3v) is 5.21. The van der Waals surface area contributed by atoms with Gasteiger partial charge in [0.15, 0.2) is 11.5 Å². The molecular weight excluding hydrogens is 306 g/mol. The van der Waals surface area contributed by atoms with E-state index in [0.29, 0.717) is 0 Å². The van der Waals surface area contributed by atoms with E-state index in [1.165, 1.54) is 0 Å². The number of nitrogens with zero attached hydrogens (tertiary/aromatic N) is 6. The van der Waals surface area contributed by atoms with Crippen LogP contribution >= 0.6 is 0 Å². The Kier molecular flexibility index (Phi) is 3.56. The third kappa shape index (κ3) is 2.28. The van der Waals surface area contributed by atoms with Crippen molar-refractivity contribution in [2.45, 2.75) is 37.6 Å². The number of aromatic amines is 1. The van der Waals surface area contributed by atoms with E-state index in [1.54, 1.807) is 12.7 Å². The Morgan fingerprint density at radius 3 is 3.08 bits per heavy atom. The summed E-state index contributed by atoms with van der Waals surface area (Å²) in [4.78, 5) is 32.5. The van der Waals surface area contributed by atoms with Gasteiger partial charge < -0.3 is 14.8 Å². The van der Waals surface area contributed by atoms with E-state index in [0.717, 1.165) is 62.3 Å². The van der Waals surface area contributed by atoms with E-state index >= 15 is 0 Å². The zero-order valence-corrected chi connectivity index (χ0v) is 13.4. The number of H-pyrrole nitrogens is 1. The lowest BCUT2D eigenvalue weighted by Gasteiger charge is -2.44. The maximum absolute atomic E-state index is 12.4. The third-order valence-electron chi connectivity index (χ3n) is 5.21. The molecule has 2 aliphatic rings. The largest absolute Gasteiger partial charge is 0.352 e. The molecule has 4 heterocycles. The molecule has 2 aromatic heterocycles. The Balaban J connectivity index is 1.63. The number of carbonyl (C=O) groups excluding carboxylic acids is 1. The monoisotopic (exact) mass is 325 g/mol. The van der Waals surface area contributed by atoms with Crippen LogP contribution in [0.3, 0.4) is 0 Å². The second-order valence-electron chi connectivity index (χ2n) is 6.53. The molecule has 0 saturated carbocycles. The van der Waals surface area contributed by atoms with Gasteiger partial charge in [-0.25, -0.2) is 15.0 Å². The summed E-state index contributed by atoms with van der Waals surface area (Å²) in [6, 6.07) is 2.00. The quantitative estimate of drug-likeness (QED) is 0.891. The second kappa shape index (κ2) is 5.74. The van der Waals surface area contributed by atoms with Crippen molar-refractivity contribution in [2.75, 3.05) is 24.5 Å². The van der Waals surface area contributed by atoms with Crippen molar-refractivity contribution in [1.82, 2.24) is 24.8 Å². The number of nitrogens with one attached hydrogen (secondary N) is 1. The first-order valence-corrected chi connectivity index (χ1v) is 8.30. The van der Waals surface area contributed by atoms with Crippen LogP contribution in [0.4, 0.5) is 5.82 Å². The van der Waals surface area contributed by atoms with Gasteiger partial charge in [0.25, 0.3) is 0 Å². The predicted octanol–water partition coefficient (Wildman–Crippen LogP) is 1.23. The highest BCUT2D eigenvalue weighted by Crippen LogP contribution is 2.39. The van der Waals surface area contributed by atoms with Crippen LogP contribution in [0.2, 0.25) is 0 Å². The molecule has 1 N–H and O–H groups in total. The van der Waals surface area contributed by atoms with E-state index in [4.69, 9.17) is 5.26 Å². The topological polar surface area (TPSA) is 102 Å². The molecule has 1 atom stereocenters. The van der Waals surface area contributed by atoms with Crippen molar-refractivity contribution in [1.29, 1.82) is 5.26 Å². The first-order chi connectivity index (χ1) is 11.7. The lowest BCUT2D eigenvalue weighted by atomic mass is 9.85. The molecule has 8 nitrogen and oxygen atoms in total. The van der Waals surface area contributed by atoms with Gasteiger partial charge in [0, 0.05) is 19.6 Å². The highest BCUT2D eigenvalue weighted by atomic mass is 16.2. The van der Waals surface area contributed by atoms with Crippen LogP contribution in [0.5, 0.6) is 0 Å². The molecule has 4 rings (SSSR count). The van der Waals surface area contributed by atoms with Crippen LogP contribution in [0.15, 0.2) is 12.7 Å². The number of amides is 1. The normalized spacial score (nSPS) is 23.8. The number of nitriles is 1. The number of hydrogen-bond acceptors (Lipinski definition) is 6. The zero-order chi connectivity index (χ0) is 16.6. The van der Waals surface area contributed by atoms with Gasteiger partial charge in [-0.3, -0.25) is 4.79 Å². The van der Waals surface area contributed by atoms with Gasteiger partial charge in [0.2, 0.25) is 5.91 Å². The Morgan fingerprint density at radius 2 is 2.21 bits per heavy atom. The first-order valence-electron chi connectivity index (χ1n) is 8.30. The van der Waals surface area contributed by atoms with Crippen molar-refractivity contribution in [3.05, 3.63) is 12.7 Å².